The van der Waals surface area contributed by atoms with Crippen LogP contribution in [0.5, 0.6) is 0 Å². The molecular weight excluding hydrogens is 381 g/mol. The zero-order chi connectivity index (χ0) is 20.0. The van der Waals surface area contributed by atoms with Gasteiger partial charge in [0, 0.05) is 24.7 Å². The normalized spacial score (nSPS) is 26.1. The monoisotopic (exact) mass is 404 g/mol. The number of carbonyl (C=O) groups excluding carboxylic acids is 1. The fourth-order valence-corrected chi connectivity index (χ4v) is 5.55. The maximum absolute atomic E-state index is 13.2. The Hall–Kier alpha value is -1.61. The molecule has 1 aliphatic heterocycles. The average molecular weight is 404 g/mol. The van der Waals surface area contributed by atoms with Crippen LogP contribution in [0.2, 0.25) is 0 Å². The highest BCUT2D eigenvalue weighted by Gasteiger charge is 2.46. The van der Waals surface area contributed by atoms with E-state index in [-0.39, 0.29) is 29.7 Å². The molecule has 0 radical (unpaired) electrons. The molecular formula is C18H23F3N2O3S. The number of amides is 1. The molecule has 9 heteroatoms. The van der Waals surface area contributed by atoms with Crippen molar-refractivity contribution in [3.05, 3.63) is 23.8 Å². The van der Waals surface area contributed by atoms with E-state index in [1.807, 2.05) is 6.92 Å². The van der Waals surface area contributed by atoms with Gasteiger partial charge in [-0.1, -0.05) is 12.8 Å². The van der Waals surface area contributed by atoms with Crippen molar-refractivity contribution in [1.29, 1.82) is 0 Å². The summed E-state index contributed by atoms with van der Waals surface area (Å²) in [6, 6.07) is 3.13. The summed E-state index contributed by atoms with van der Waals surface area (Å²) in [5.41, 5.74) is 1.36. The van der Waals surface area contributed by atoms with Crippen LogP contribution in [-0.4, -0.2) is 32.6 Å². The molecule has 0 spiro atoms. The van der Waals surface area contributed by atoms with E-state index in [9.17, 15) is 26.4 Å². The molecule has 1 saturated carbocycles. The van der Waals surface area contributed by atoms with E-state index in [1.54, 1.807) is 11.0 Å². The van der Waals surface area contributed by atoms with Crippen LogP contribution < -0.4 is 9.62 Å². The number of alkyl halides is 3. The van der Waals surface area contributed by atoms with E-state index in [2.05, 4.69) is 4.72 Å². The molecule has 5 nitrogen and oxygen atoms in total. The second kappa shape index (κ2) is 7.09. The third kappa shape index (κ3) is 3.99. The first-order chi connectivity index (χ1) is 12.5. The number of hydrogen-bond acceptors (Lipinski definition) is 3. The fourth-order valence-electron chi connectivity index (χ4n) is 4.19. The number of sulfonamides is 1. The maximum Gasteiger partial charge on any atom is 0.393 e. The number of nitrogens with zero attached hydrogens (tertiary/aromatic N) is 1. The molecule has 0 bridgehead atoms. The Morgan fingerprint density at radius 1 is 1.22 bits per heavy atom. The van der Waals surface area contributed by atoms with Gasteiger partial charge in [0.2, 0.25) is 15.9 Å². The summed E-state index contributed by atoms with van der Waals surface area (Å²) in [6.07, 6.45) is -2.81. The smallest absolute Gasteiger partial charge is 0.309 e. The van der Waals surface area contributed by atoms with Crippen LogP contribution in [0.15, 0.2) is 23.1 Å². The minimum absolute atomic E-state index is 0.0635. The Kier molecular flexibility index (Phi) is 5.28. The summed E-state index contributed by atoms with van der Waals surface area (Å²) in [5.74, 6) is -1.80. The topological polar surface area (TPSA) is 66.5 Å². The van der Waals surface area contributed by atoms with Gasteiger partial charge in [-0.25, -0.2) is 13.1 Å². The second-order valence-corrected chi connectivity index (χ2v) is 9.11. The van der Waals surface area contributed by atoms with Gasteiger partial charge >= 0.3 is 6.18 Å². The first-order valence-corrected chi connectivity index (χ1v) is 10.5. The van der Waals surface area contributed by atoms with Crippen molar-refractivity contribution in [3.63, 3.8) is 0 Å². The first-order valence-electron chi connectivity index (χ1n) is 9.02. The second-order valence-electron chi connectivity index (χ2n) is 7.39. The van der Waals surface area contributed by atoms with Crippen molar-refractivity contribution in [3.8, 4) is 0 Å². The van der Waals surface area contributed by atoms with Crippen molar-refractivity contribution in [2.75, 3.05) is 4.90 Å². The van der Waals surface area contributed by atoms with Gasteiger partial charge < -0.3 is 4.90 Å². The lowest BCUT2D eigenvalue weighted by Crippen LogP contribution is -2.47. The van der Waals surface area contributed by atoms with E-state index < -0.39 is 28.2 Å². The van der Waals surface area contributed by atoms with Gasteiger partial charge in [0.1, 0.15) is 0 Å². The van der Waals surface area contributed by atoms with E-state index in [1.165, 1.54) is 19.1 Å². The quantitative estimate of drug-likeness (QED) is 0.840. The SMILES string of the molecule is CC(=O)N1c2ccc(S(=O)(=O)NC3CCCCC3C(F)(F)F)cc2CC1C. The lowest BCUT2D eigenvalue weighted by Gasteiger charge is -2.33. The molecule has 1 amide bonds. The van der Waals surface area contributed by atoms with Crippen LogP contribution >= 0.6 is 0 Å². The minimum Gasteiger partial charge on any atom is -0.309 e. The van der Waals surface area contributed by atoms with Crippen LogP contribution in [-0.2, 0) is 21.2 Å². The molecule has 0 aromatic heterocycles. The van der Waals surface area contributed by atoms with E-state index in [4.69, 9.17) is 0 Å². The Bertz CT molecular complexity index is 839. The van der Waals surface area contributed by atoms with Gasteiger partial charge in [-0.3, -0.25) is 4.79 Å². The Labute approximate surface area is 157 Å². The average Bonchev–Trinajstić information content (AvgIpc) is 2.88. The summed E-state index contributed by atoms with van der Waals surface area (Å²) in [7, 11) is -4.08. The summed E-state index contributed by atoms with van der Waals surface area (Å²) >= 11 is 0. The van der Waals surface area contributed by atoms with Crippen molar-refractivity contribution in [2.45, 2.75) is 69.1 Å². The first kappa shape index (κ1) is 20.1. The van der Waals surface area contributed by atoms with Crippen LogP contribution in [0.4, 0.5) is 18.9 Å². The highest BCUT2D eigenvalue weighted by atomic mass is 32.2. The summed E-state index contributed by atoms with van der Waals surface area (Å²) in [4.78, 5) is 13.3. The molecule has 1 heterocycles. The fraction of sp³-hybridized carbons (Fsp3) is 0.611. The Morgan fingerprint density at radius 3 is 2.52 bits per heavy atom. The zero-order valence-electron chi connectivity index (χ0n) is 15.2. The number of rotatable bonds is 3. The van der Waals surface area contributed by atoms with Crippen LogP contribution in [0.1, 0.15) is 45.1 Å². The minimum atomic E-state index is -4.43. The maximum atomic E-state index is 13.2. The molecule has 3 atom stereocenters. The van der Waals surface area contributed by atoms with Crippen LogP contribution in [0.3, 0.4) is 0 Å². The lowest BCUT2D eigenvalue weighted by atomic mass is 9.85. The van der Waals surface area contributed by atoms with Gasteiger partial charge in [-0.15, -0.1) is 0 Å². The summed E-state index contributed by atoms with van der Waals surface area (Å²) in [6.45, 7) is 3.31. The molecule has 1 N–H and O–H groups in total. The van der Waals surface area contributed by atoms with Crippen LogP contribution in [0, 0.1) is 5.92 Å². The number of nitrogens with one attached hydrogen (secondary N) is 1. The zero-order valence-corrected chi connectivity index (χ0v) is 16.0. The largest absolute Gasteiger partial charge is 0.393 e. The molecule has 3 unspecified atom stereocenters. The third-order valence-corrected chi connectivity index (χ3v) is 6.90. The summed E-state index contributed by atoms with van der Waals surface area (Å²) < 4.78 is 67.4. The van der Waals surface area contributed by atoms with Crippen molar-refractivity contribution < 1.29 is 26.4 Å². The number of fused-ring (bicyclic) bond motifs is 1. The molecule has 1 aromatic rings. The van der Waals surface area contributed by atoms with Crippen molar-refractivity contribution in [1.82, 2.24) is 4.72 Å². The molecule has 1 fully saturated rings. The van der Waals surface area contributed by atoms with Gasteiger partial charge in [0.25, 0.3) is 0 Å². The number of halogens is 3. The van der Waals surface area contributed by atoms with Crippen molar-refractivity contribution >= 4 is 21.6 Å². The molecule has 2 aliphatic rings. The lowest BCUT2D eigenvalue weighted by molar-refractivity contribution is -0.187. The standard InChI is InChI=1S/C18H23F3N2O3S/c1-11-9-13-10-14(7-8-17(13)23(11)12(2)24)27(25,26)22-16-6-4-3-5-15(16)18(19,20)21/h7-8,10-11,15-16,22H,3-6,9H2,1-2H3. The number of hydrogen-bond donors (Lipinski definition) is 1. The molecule has 1 aliphatic carbocycles. The number of benzene rings is 1. The van der Waals surface area contributed by atoms with Gasteiger partial charge in [0.05, 0.1) is 10.8 Å². The molecule has 1 aromatic carbocycles. The Balaban J connectivity index is 1.86. The molecule has 27 heavy (non-hydrogen) atoms. The van der Waals surface area contributed by atoms with Gasteiger partial charge in [-0.2, -0.15) is 13.2 Å². The molecule has 150 valence electrons. The van der Waals surface area contributed by atoms with E-state index in [0.717, 1.165) is 0 Å². The van der Waals surface area contributed by atoms with Crippen LogP contribution in [0.25, 0.3) is 0 Å². The van der Waals surface area contributed by atoms with Crippen molar-refractivity contribution in [2.24, 2.45) is 5.92 Å². The van der Waals surface area contributed by atoms with Gasteiger partial charge in [0.15, 0.2) is 0 Å². The highest BCUT2D eigenvalue weighted by Crippen LogP contribution is 2.39. The number of anilines is 1. The van der Waals surface area contributed by atoms with E-state index >= 15 is 0 Å². The number of carbonyl (C=O) groups is 1. The van der Waals surface area contributed by atoms with E-state index in [0.29, 0.717) is 30.5 Å². The Morgan fingerprint density at radius 2 is 1.89 bits per heavy atom. The highest BCUT2D eigenvalue weighted by molar-refractivity contribution is 7.89. The predicted octanol–water partition coefficient (Wildman–Crippen LogP) is 3.38. The third-order valence-electron chi connectivity index (χ3n) is 5.41. The molecule has 3 rings (SSSR count). The predicted molar refractivity (Wildman–Crippen MR) is 94.9 cm³/mol. The van der Waals surface area contributed by atoms with Gasteiger partial charge in [-0.05, 0) is 49.9 Å². The summed E-state index contributed by atoms with van der Waals surface area (Å²) in [5, 5.41) is 0. The molecule has 0 saturated heterocycles.